The second-order valence-corrected chi connectivity index (χ2v) is 12.0. The summed E-state index contributed by atoms with van der Waals surface area (Å²) in [6.45, 7) is 2.98. The fourth-order valence-electron chi connectivity index (χ4n) is 7.86. The molecule has 3 N–H and O–H groups in total. The average Bonchev–Trinajstić information content (AvgIpc) is 3.25. The van der Waals surface area contributed by atoms with E-state index in [1.807, 2.05) is 34.9 Å². The number of rotatable bonds is 5. The number of piperidine rings is 1. The van der Waals surface area contributed by atoms with Crippen molar-refractivity contribution in [3.8, 4) is 11.8 Å². The molecule has 0 radical (unpaired) electrons. The topological polar surface area (TPSA) is 90.9 Å². The number of aromatic hydroxyl groups is 2. The van der Waals surface area contributed by atoms with E-state index in [-0.39, 0.29) is 41.3 Å². The van der Waals surface area contributed by atoms with E-state index in [9.17, 15) is 33.3 Å². The summed E-state index contributed by atoms with van der Waals surface area (Å²) in [5.41, 5.74) is 1.46. The van der Waals surface area contributed by atoms with Gasteiger partial charge in [0.15, 0.2) is 11.8 Å². The van der Waals surface area contributed by atoms with Crippen molar-refractivity contribution in [2.45, 2.75) is 62.4 Å². The van der Waals surface area contributed by atoms with Crippen LogP contribution in [0.25, 0.3) is 10.9 Å². The minimum atomic E-state index is -4.56. The first kappa shape index (κ1) is 25.0. The molecule has 6 unspecified atom stereocenters. The van der Waals surface area contributed by atoms with Gasteiger partial charge in [-0.1, -0.05) is 18.2 Å². The maximum Gasteiger partial charge on any atom is 0.394 e. The molecule has 208 valence electrons. The van der Waals surface area contributed by atoms with Gasteiger partial charge < -0.3 is 24.8 Å². The molecular weight excluding hydrogens is 511 g/mol. The Bertz CT molecular complexity index is 1490. The van der Waals surface area contributed by atoms with Crippen LogP contribution in [-0.2, 0) is 6.54 Å². The number of aliphatic hydroxyl groups excluding tert-OH is 1. The van der Waals surface area contributed by atoms with Crippen molar-refractivity contribution >= 4 is 10.9 Å². The number of aromatic nitrogens is 2. The maximum atomic E-state index is 13.6. The third-order valence-electron chi connectivity index (χ3n) is 9.86. The molecule has 0 amide bonds. The normalized spacial score (nSPS) is 30.8. The number of pyridine rings is 1. The quantitative estimate of drug-likeness (QED) is 0.446. The SMILES string of the molecule is O=c1ccc2ccccc2n1C1CCN(CC2CC2Cn2c(O)c3c(c2O)C2CC3C(O)C2C(F)(F)F)CC1. The number of benzene rings is 1. The van der Waals surface area contributed by atoms with E-state index < -0.39 is 30.0 Å². The van der Waals surface area contributed by atoms with Crippen molar-refractivity contribution in [2.24, 2.45) is 17.8 Å². The first-order chi connectivity index (χ1) is 18.6. The van der Waals surface area contributed by atoms with Gasteiger partial charge in [0.25, 0.3) is 5.56 Å². The molecule has 3 aromatic rings. The molecule has 1 aromatic carbocycles. The van der Waals surface area contributed by atoms with Gasteiger partial charge in [0, 0.05) is 61.2 Å². The highest BCUT2D eigenvalue weighted by Gasteiger charge is 2.63. The van der Waals surface area contributed by atoms with Crippen LogP contribution in [0.4, 0.5) is 13.2 Å². The van der Waals surface area contributed by atoms with E-state index in [1.165, 1.54) is 4.57 Å². The summed E-state index contributed by atoms with van der Waals surface area (Å²) >= 11 is 0. The van der Waals surface area contributed by atoms with Crippen LogP contribution in [0.15, 0.2) is 41.2 Å². The number of likely N-dealkylation sites (tertiary alicyclic amines) is 1. The smallest absolute Gasteiger partial charge is 0.394 e. The number of alkyl halides is 3. The lowest BCUT2D eigenvalue weighted by Crippen LogP contribution is -2.38. The fourth-order valence-corrected chi connectivity index (χ4v) is 7.86. The standard InChI is InChI=1S/C29H32F3N3O4/c30-29(31,32)25-19-12-20(26(25)37)24-23(19)27(38)34(28(24)39)14-17-11-16(17)13-33-9-7-18(8-10-33)35-21-4-2-1-3-15(21)5-6-22(35)36/h1-6,16-20,25-26,37-39H,7-14H2. The third-order valence-corrected chi connectivity index (χ3v) is 9.86. The molecule has 2 bridgehead atoms. The Morgan fingerprint density at radius 2 is 1.54 bits per heavy atom. The predicted octanol–water partition coefficient (Wildman–Crippen LogP) is 4.31. The van der Waals surface area contributed by atoms with Gasteiger partial charge in [-0.15, -0.1) is 0 Å². The molecule has 39 heavy (non-hydrogen) atoms. The Morgan fingerprint density at radius 3 is 2.26 bits per heavy atom. The Morgan fingerprint density at radius 1 is 0.872 bits per heavy atom. The number of nitrogens with zero attached hydrogens (tertiary/aromatic N) is 3. The fraction of sp³-hybridized carbons (Fsp3) is 0.552. The summed E-state index contributed by atoms with van der Waals surface area (Å²) in [6.07, 6.45) is -3.37. The molecule has 3 aliphatic carbocycles. The summed E-state index contributed by atoms with van der Waals surface area (Å²) in [7, 11) is 0. The van der Waals surface area contributed by atoms with E-state index in [1.54, 1.807) is 6.07 Å². The summed E-state index contributed by atoms with van der Waals surface area (Å²) in [6, 6.07) is 11.6. The van der Waals surface area contributed by atoms with Crippen LogP contribution >= 0.6 is 0 Å². The zero-order chi connectivity index (χ0) is 27.2. The lowest BCUT2D eigenvalue weighted by atomic mass is 9.83. The van der Waals surface area contributed by atoms with Gasteiger partial charge in [-0.05, 0) is 55.0 Å². The number of para-hydroxylation sites is 1. The van der Waals surface area contributed by atoms with E-state index in [2.05, 4.69) is 4.90 Å². The number of halogens is 3. The molecule has 6 atom stereocenters. The Kier molecular flexibility index (Phi) is 5.62. The van der Waals surface area contributed by atoms with Gasteiger partial charge in [-0.2, -0.15) is 13.2 Å². The van der Waals surface area contributed by atoms with Gasteiger partial charge in [-0.25, -0.2) is 0 Å². The van der Waals surface area contributed by atoms with Gasteiger partial charge in [0.1, 0.15) is 0 Å². The molecule has 3 fully saturated rings. The molecular formula is C29H32F3N3O4. The summed E-state index contributed by atoms with van der Waals surface area (Å²) in [5.74, 6) is -3.59. The molecule has 0 spiro atoms. The van der Waals surface area contributed by atoms with Crippen LogP contribution in [0.2, 0.25) is 0 Å². The van der Waals surface area contributed by atoms with E-state index >= 15 is 0 Å². The van der Waals surface area contributed by atoms with Gasteiger partial charge >= 0.3 is 6.18 Å². The van der Waals surface area contributed by atoms with E-state index in [0.717, 1.165) is 49.8 Å². The highest BCUT2D eigenvalue weighted by molar-refractivity contribution is 5.78. The Balaban J connectivity index is 0.995. The lowest BCUT2D eigenvalue weighted by molar-refractivity contribution is -0.199. The van der Waals surface area contributed by atoms with Crippen LogP contribution in [0.3, 0.4) is 0 Å². The van der Waals surface area contributed by atoms with Crippen molar-refractivity contribution in [3.63, 3.8) is 0 Å². The minimum Gasteiger partial charge on any atom is -0.494 e. The number of aliphatic hydroxyl groups is 1. The molecule has 7 nitrogen and oxygen atoms in total. The highest BCUT2D eigenvalue weighted by atomic mass is 19.4. The second-order valence-electron chi connectivity index (χ2n) is 12.0. The second kappa shape index (κ2) is 8.76. The van der Waals surface area contributed by atoms with Gasteiger partial charge in [0.05, 0.1) is 17.5 Å². The van der Waals surface area contributed by atoms with Crippen LogP contribution in [0.1, 0.15) is 54.7 Å². The van der Waals surface area contributed by atoms with Crippen LogP contribution < -0.4 is 5.56 Å². The minimum absolute atomic E-state index is 0.0233. The van der Waals surface area contributed by atoms with Crippen LogP contribution in [0.5, 0.6) is 11.8 Å². The summed E-state index contributed by atoms with van der Waals surface area (Å²) in [5, 5.41) is 33.1. The molecule has 3 heterocycles. The van der Waals surface area contributed by atoms with Crippen molar-refractivity contribution in [1.82, 2.24) is 14.0 Å². The number of hydrogen-bond acceptors (Lipinski definition) is 5. The molecule has 7 rings (SSSR count). The first-order valence-electron chi connectivity index (χ1n) is 13.8. The van der Waals surface area contributed by atoms with Crippen molar-refractivity contribution in [3.05, 3.63) is 57.9 Å². The molecule has 2 saturated carbocycles. The number of hydrogen-bond donors (Lipinski definition) is 3. The maximum absolute atomic E-state index is 13.6. The predicted molar refractivity (Wildman–Crippen MR) is 138 cm³/mol. The summed E-state index contributed by atoms with van der Waals surface area (Å²) < 4.78 is 44.0. The molecule has 1 aliphatic heterocycles. The third kappa shape index (κ3) is 3.89. The van der Waals surface area contributed by atoms with Crippen LogP contribution in [-0.4, -0.2) is 61.3 Å². The molecule has 4 aliphatic rings. The van der Waals surface area contributed by atoms with Crippen molar-refractivity contribution < 1.29 is 28.5 Å². The summed E-state index contributed by atoms with van der Waals surface area (Å²) in [4.78, 5) is 15.1. The Labute approximate surface area is 223 Å². The monoisotopic (exact) mass is 543 g/mol. The molecule has 2 aromatic heterocycles. The largest absolute Gasteiger partial charge is 0.494 e. The van der Waals surface area contributed by atoms with Gasteiger partial charge in [0.2, 0.25) is 0 Å². The van der Waals surface area contributed by atoms with E-state index in [0.29, 0.717) is 18.0 Å². The van der Waals surface area contributed by atoms with Crippen LogP contribution in [0, 0.1) is 17.8 Å². The van der Waals surface area contributed by atoms with E-state index in [4.69, 9.17) is 0 Å². The first-order valence-corrected chi connectivity index (χ1v) is 13.8. The van der Waals surface area contributed by atoms with Crippen molar-refractivity contribution in [2.75, 3.05) is 19.6 Å². The highest BCUT2D eigenvalue weighted by Crippen LogP contribution is 2.65. The average molecular weight is 544 g/mol. The van der Waals surface area contributed by atoms with Gasteiger partial charge in [-0.3, -0.25) is 9.36 Å². The molecule has 10 heteroatoms. The zero-order valence-electron chi connectivity index (χ0n) is 21.4. The number of fused-ring (bicyclic) bond motifs is 6. The van der Waals surface area contributed by atoms with Crippen molar-refractivity contribution in [1.29, 1.82) is 0 Å². The molecule has 1 saturated heterocycles. The Hall–Kier alpha value is -2.98. The lowest BCUT2D eigenvalue weighted by Gasteiger charge is -2.33. The zero-order valence-corrected chi connectivity index (χ0v) is 21.4.